The van der Waals surface area contributed by atoms with Crippen LogP contribution in [-0.4, -0.2) is 47.4 Å². The van der Waals surface area contributed by atoms with Crippen molar-refractivity contribution in [2.75, 3.05) is 13.2 Å². The van der Waals surface area contributed by atoms with Crippen molar-refractivity contribution in [1.82, 2.24) is 5.32 Å². The molecule has 6 heteroatoms. The minimum atomic E-state index is -0.659. The number of unbranched alkanes of at least 4 members (excludes halogenated alkanes) is 45. The van der Waals surface area contributed by atoms with Crippen LogP contribution in [0.1, 0.15) is 341 Å². The number of rotatable bonds is 56. The van der Waals surface area contributed by atoms with Gasteiger partial charge in [0.25, 0.3) is 0 Å². The lowest BCUT2D eigenvalue weighted by atomic mass is 10.0. The second-order valence-corrected chi connectivity index (χ2v) is 20.7. The summed E-state index contributed by atoms with van der Waals surface area (Å²) in [7, 11) is 0. The summed E-state index contributed by atoms with van der Waals surface area (Å²) in [6.07, 6.45) is 64.1. The first kappa shape index (κ1) is 63.9. The molecule has 0 aliphatic heterocycles. The summed E-state index contributed by atoms with van der Waals surface area (Å²) in [6, 6.07) is -0.536. The van der Waals surface area contributed by atoms with E-state index in [-0.39, 0.29) is 18.5 Å². The number of aliphatic hydroxyl groups is 2. The monoisotopic (exact) mass is 920 g/mol. The van der Waals surface area contributed by atoms with Crippen LogP contribution >= 0.6 is 0 Å². The summed E-state index contributed by atoms with van der Waals surface area (Å²) >= 11 is 0. The molecule has 0 heterocycles. The van der Waals surface area contributed by atoms with Crippen LogP contribution in [0.5, 0.6) is 0 Å². The van der Waals surface area contributed by atoms with Crippen molar-refractivity contribution in [3.63, 3.8) is 0 Å². The van der Waals surface area contributed by atoms with E-state index in [1.807, 2.05) is 0 Å². The molecule has 0 fully saturated rings. The topological polar surface area (TPSA) is 95.9 Å². The molecule has 0 spiro atoms. The van der Waals surface area contributed by atoms with Crippen molar-refractivity contribution < 1.29 is 24.5 Å². The summed E-state index contributed by atoms with van der Waals surface area (Å²) in [4.78, 5) is 24.4. The normalized spacial score (nSPS) is 12.5. The molecule has 0 aromatic heterocycles. The van der Waals surface area contributed by atoms with Gasteiger partial charge in [0.1, 0.15) is 0 Å². The van der Waals surface area contributed by atoms with Gasteiger partial charge in [-0.25, -0.2) is 0 Å². The number of nitrogens with one attached hydrogen (secondary N) is 1. The molecule has 0 rings (SSSR count). The molecule has 0 aliphatic rings. The zero-order valence-corrected chi connectivity index (χ0v) is 44.3. The molecule has 2 atom stereocenters. The fraction of sp³-hybridized carbons (Fsp3) is 0.966. The molecular weight excluding hydrogens is 803 g/mol. The highest BCUT2D eigenvalue weighted by atomic mass is 16.5. The Bertz CT molecular complexity index is 928. The first-order valence-corrected chi connectivity index (χ1v) is 29.8. The highest BCUT2D eigenvalue weighted by molar-refractivity contribution is 5.76. The maximum atomic E-state index is 12.4. The van der Waals surface area contributed by atoms with Crippen LogP contribution in [0.3, 0.4) is 0 Å². The molecule has 0 aromatic carbocycles. The first-order chi connectivity index (χ1) is 32.0. The molecular formula is C59H117NO5. The number of aliphatic hydroxyl groups excluding tert-OH is 2. The second-order valence-electron chi connectivity index (χ2n) is 20.7. The van der Waals surface area contributed by atoms with Crippen LogP contribution in [0.2, 0.25) is 0 Å². The first-order valence-electron chi connectivity index (χ1n) is 29.8. The van der Waals surface area contributed by atoms with Gasteiger partial charge in [0.2, 0.25) is 5.91 Å². The van der Waals surface area contributed by atoms with Gasteiger partial charge < -0.3 is 20.3 Å². The molecule has 2 unspecified atom stereocenters. The fourth-order valence-electron chi connectivity index (χ4n) is 9.58. The Morgan fingerprint density at radius 3 is 0.938 bits per heavy atom. The van der Waals surface area contributed by atoms with Gasteiger partial charge in [0, 0.05) is 12.8 Å². The molecule has 0 radical (unpaired) electrons. The zero-order chi connectivity index (χ0) is 47.2. The fourth-order valence-corrected chi connectivity index (χ4v) is 9.58. The summed E-state index contributed by atoms with van der Waals surface area (Å²) < 4.78 is 5.48. The van der Waals surface area contributed by atoms with E-state index in [0.29, 0.717) is 25.9 Å². The number of hydrogen-bond acceptors (Lipinski definition) is 5. The molecule has 0 aliphatic carbocycles. The van der Waals surface area contributed by atoms with Crippen molar-refractivity contribution in [2.45, 2.75) is 353 Å². The number of esters is 1. The van der Waals surface area contributed by atoms with Crippen LogP contribution < -0.4 is 5.32 Å². The number of carbonyl (C=O) groups is 2. The molecule has 0 bridgehead atoms. The summed E-state index contributed by atoms with van der Waals surface area (Å²) in [5.41, 5.74) is 0. The Balaban J connectivity index is 3.30. The summed E-state index contributed by atoms with van der Waals surface area (Å²) in [5, 5.41) is 23.1. The van der Waals surface area contributed by atoms with Gasteiger partial charge in [-0.2, -0.15) is 0 Å². The number of amides is 1. The van der Waals surface area contributed by atoms with Crippen LogP contribution in [0.15, 0.2) is 0 Å². The molecule has 0 saturated carbocycles. The Labute approximate surface area is 406 Å². The third-order valence-corrected chi connectivity index (χ3v) is 14.2. The predicted octanol–water partition coefficient (Wildman–Crippen LogP) is 18.3. The van der Waals surface area contributed by atoms with Gasteiger partial charge in [-0.05, 0) is 25.7 Å². The predicted molar refractivity (Wildman–Crippen MR) is 283 cm³/mol. The van der Waals surface area contributed by atoms with Gasteiger partial charge in [-0.3, -0.25) is 9.59 Å². The molecule has 1 amide bonds. The van der Waals surface area contributed by atoms with E-state index in [1.54, 1.807) is 0 Å². The van der Waals surface area contributed by atoms with E-state index in [0.717, 1.165) is 38.5 Å². The summed E-state index contributed by atoms with van der Waals surface area (Å²) in [5.74, 6) is -0.0140. The van der Waals surface area contributed by atoms with Gasteiger partial charge in [0.15, 0.2) is 0 Å². The third kappa shape index (κ3) is 52.1. The van der Waals surface area contributed by atoms with Gasteiger partial charge in [0.05, 0.1) is 25.4 Å². The van der Waals surface area contributed by atoms with Crippen molar-refractivity contribution in [3.05, 3.63) is 0 Å². The molecule has 3 N–H and O–H groups in total. The number of hydrogen-bond donors (Lipinski definition) is 3. The van der Waals surface area contributed by atoms with Crippen molar-refractivity contribution in [3.8, 4) is 0 Å². The van der Waals surface area contributed by atoms with Crippen LogP contribution in [0, 0.1) is 0 Å². The minimum absolute atomic E-state index is 0.0194. The smallest absolute Gasteiger partial charge is 0.305 e. The van der Waals surface area contributed by atoms with Crippen molar-refractivity contribution in [2.24, 2.45) is 0 Å². The Morgan fingerprint density at radius 1 is 0.369 bits per heavy atom. The van der Waals surface area contributed by atoms with E-state index >= 15 is 0 Å². The SMILES string of the molecule is CCCCCCCCCCCCCCCC(=O)OCCCCCCCCCCCCCCCCCCCCCCCCCCCCC(=O)NC(CO)C(O)CCCCCCCCCCC. The maximum absolute atomic E-state index is 12.4. The Kier molecular flexibility index (Phi) is 54.5. The average molecular weight is 921 g/mol. The maximum Gasteiger partial charge on any atom is 0.305 e. The lowest BCUT2D eigenvalue weighted by Gasteiger charge is -2.22. The van der Waals surface area contributed by atoms with Crippen molar-refractivity contribution >= 4 is 11.9 Å². The highest BCUT2D eigenvalue weighted by Gasteiger charge is 2.20. The van der Waals surface area contributed by atoms with E-state index in [1.165, 1.54) is 270 Å². The number of carbonyl (C=O) groups excluding carboxylic acids is 2. The van der Waals surface area contributed by atoms with Crippen molar-refractivity contribution in [1.29, 1.82) is 0 Å². The van der Waals surface area contributed by atoms with Crippen LogP contribution in [-0.2, 0) is 14.3 Å². The van der Waals surface area contributed by atoms with E-state index < -0.39 is 12.1 Å². The molecule has 0 aromatic rings. The highest BCUT2D eigenvalue weighted by Crippen LogP contribution is 2.18. The van der Waals surface area contributed by atoms with Gasteiger partial charge in [-0.15, -0.1) is 0 Å². The van der Waals surface area contributed by atoms with Crippen LogP contribution in [0.4, 0.5) is 0 Å². The van der Waals surface area contributed by atoms with Gasteiger partial charge >= 0.3 is 5.97 Å². The lowest BCUT2D eigenvalue weighted by Crippen LogP contribution is -2.45. The third-order valence-electron chi connectivity index (χ3n) is 14.2. The standard InChI is InChI=1S/C59H117NO5/c1-3-5-7-9-11-13-14-29-33-37-41-45-49-53-59(64)65-54-50-46-42-38-34-31-28-26-24-22-20-18-16-15-17-19-21-23-25-27-30-32-36-40-44-48-52-58(63)60-56(55-61)57(62)51-47-43-39-35-12-10-8-6-4-2/h56-57,61-62H,3-55H2,1-2H3,(H,60,63). The van der Waals surface area contributed by atoms with E-state index in [9.17, 15) is 19.8 Å². The quantitative estimate of drug-likeness (QED) is 0.0417. The molecule has 65 heavy (non-hydrogen) atoms. The minimum Gasteiger partial charge on any atom is -0.466 e. The molecule has 0 saturated heterocycles. The largest absolute Gasteiger partial charge is 0.466 e. The van der Waals surface area contributed by atoms with E-state index in [4.69, 9.17) is 4.74 Å². The summed E-state index contributed by atoms with van der Waals surface area (Å²) in [6.45, 7) is 4.96. The Hall–Kier alpha value is -1.14. The molecule has 6 nitrogen and oxygen atoms in total. The van der Waals surface area contributed by atoms with Gasteiger partial charge in [-0.1, -0.05) is 303 Å². The zero-order valence-electron chi connectivity index (χ0n) is 44.3. The second kappa shape index (κ2) is 55.5. The Morgan fingerprint density at radius 2 is 0.631 bits per heavy atom. The van der Waals surface area contributed by atoms with E-state index in [2.05, 4.69) is 19.2 Å². The average Bonchev–Trinajstić information content (AvgIpc) is 3.31. The lowest BCUT2D eigenvalue weighted by molar-refractivity contribution is -0.143. The molecule has 388 valence electrons. The van der Waals surface area contributed by atoms with Crippen LogP contribution in [0.25, 0.3) is 0 Å². The number of ether oxygens (including phenoxy) is 1.